The quantitative estimate of drug-likeness (QED) is 0.898. The number of nitrogens with one attached hydrogen (secondary N) is 1. The van der Waals surface area contributed by atoms with Crippen molar-refractivity contribution in [2.24, 2.45) is 0 Å². The SMILES string of the molecule is Nc1ccsc1CNCc1cc(Br)cc2c1OCC2. The Bertz CT molecular complexity index is 597. The molecule has 5 heteroatoms. The Balaban J connectivity index is 1.69. The number of rotatable bonds is 4. The van der Waals surface area contributed by atoms with Crippen molar-refractivity contribution in [2.75, 3.05) is 12.3 Å². The molecule has 0 saturated carbocycles. The number of anilines is 1. The molecule has 0 saturated heterocycles. The van der Waals surface area contributed by atoms with Crippen molar-refractivity contribution < 1.29 is 4.74 Å². The van der Waals surface area contributed by atoms with Gasteiger partial charge in [-0.25, -0.2) is 0 Å². The standard InChI is InChI=1S/C14H15BrN2OS/c15-11-5-9-1-3-18-14(9)10(6-11)7-17-8-13-12(16)2-4-19-13/h2,4-6,17H,1,3,7-8,16H2. The van der Waals surface area contributed by atoms with Crippen molar-refractivity contribution in [3.05, 3.63) is 44.1 Å². The Morgan fingerprint density at radius 3 is 3.05 bits per heavy atom. The Morgan fingerprint density at radius 2 is 2.26 bits per heavy atom. The Labute approximate surface area is 124 Å². The molecule has 0 bridgehead atoms. The van der Waals surface area contributed by atoms with Crippen LogP contribution in [0, 0.1) is 0 Å². The lowest BCUT2D eigenvalue weighted by Gasteiger charge is -2.10. The van der Waals surface area contributed by atoms with E-state index in [1.165, 1.54) is 16.0 Å². The first-order valence-electron chi connectivity index (χ1n) is 6.20. The van der Waals surface area contributed by atoms with Crippen LogP contribution in [0.15, 0.2) is 28.1 Å². The zero-order chi connectivity index (χ0) is 13.2. The largest absolute Gasteiger partial charge is 0.493 e. The van der Waals surface area contributed by atoms with Crippen molar-refractivity contribution in [1.29, 1.82) is 0 Å². The van der Waals surface area contributed by atoms with Gasteiger partial charge in [-0.15, -0.1) is 11.3 Å². The molecule has 0 unspecified atom stereocenters. The van der Waals surface area contributed by atoms with Crippen molar-refractivity contribution in [2.45, 2.75) is 19.5 Å². The van der Waals surface area contributed by atoms with Gasteiger partial charge in [-0.05, 0) is 29.1 Å². The molecule has 3 N–H and O–H groups in total. The predicted molar refractivity (Wildman–Crippen MR) is 82.6 cm³/mol. The Morgan fingerprint density at radius 1 is 1.37 bits per heavy atom. The number of nitrogens with two attached hydrogens (primary N) is 1. The summed E-state index contributed by atoms with van der Waals surface area (Å²) >= 11 is 5.24. The molecule has 0 aliphatic carbocycles. The Hall–Kier alpha value is -1.04. The molecule has 0 fully saturated rings. The summed E-state index contributed by atoms with van der Waals surface area (Å²) in [7, 11) is 0. The topological polar surface area (TPSA) is 47.3 Å². The molecular formula is C14H15BrN2OS. The van der Waals surface area contributed by atoms with Crippen LogP contribution in [0.5, 0.6) is 5.75 Å². The van der Waals surface area contributed by atoms with Gasteiger partial charge in [0.2, 0.25) is 0 Å². The van der Waals surface area contributed by atoms with Crippen molar-refractivity contribution in [3.8, 4) is 5.75 Å². The van der Waals surface area contributed by atoms with E-state index in [1.54, 1.807) is 11.3 Å². The maximum absolute atomic E-state index is 5.87. The molecule has 1 aromatic carbocycles. The fourth-order valence-electron chi connectivity index (χ4n) is 2.28. The second-order valence-electron chi connectivity index (χ2n) is 4.55. The first-order chi connectivity index (χ1) is 9.24. The van der Waals surface area contributed by atoms with E-state index in [0.29, 0.717) is 0 Å². The molecule has 2 aromatic rings. The van der Waals surface area contributed by atoms with Crippen LogP contribution < -0.4 is 15.8 Å². The molecule has 3 rings (SSSR count). The van der Waals surface area contributed by atoms with E-state index < -0.39 is 0 Å². The minimum atomic E-state index is 0.788. The van der Waals surface area contributed by atoms with Crippen LogP contribution in [0.25, 0.3) is 0 Å². The number of halogens is 1. The zero-order valence-corrected chi connectivity index (χ0v) is 12.8. The van der Waals surface area contributed by atoms with Gasteiger partial charge in [-0.2, -0.15) is 0 Å². The summed E-state index contributed by atoms with van der Waals surface area (Å²) in [5.41, 5.74) is 9.24. The van der Waals surface area contributed by atoms with Crippen LogP contribution in [0.2, 0.25) is 0 Å². The van der Waals surface area contributed by atoms with E-state index in [4.69, 9.17) is 10.5 Å². The minimum Gasteiger partial charge on any atom is -0.493 e. The summed E-state index contributed by atoms with van der Waals surface area (Å²) in [6, 6.07) is 6.21. The lowest BCUT2D eigenvalue weighted by Crippen LogP contribution is -2.13. The van der Waals surface area contributed by atoms with Crippen molar-refractivity contribution in [3.63, 3.8) is 0 Å². The highest BCUT2D eigenvalue weighted by molar-refractivity contribution is 9.10. The number of thiophene rings is 1. The van der Waals surface area contributed by atoms with Gasteiger partial charge in [0.05, 0.1) is 6.61 Å². The number of ether oxygens (including phenoxy) is 1. The normalized spacial score (nSPS) is 13.3. The summed E-state index contributed by atoms with van der Waals surface area (Å²) in [6.07, 6.45) is 1.000. The molecule has 1 aromatic heterocycles. The smallest absolute Gasteiger partial charge is 0.127 e. The number of hydrogen-bond donors (Lipinski definition) is 2. The second kappa shape index (κ2) is 5.53. The van der Waals surface area contributed by atoms with Crippen LogP contribution in [0.1, 0.15) is 16.0 Å². The molecule has 3 nitrogen and oxygen atoms in total. The van der Waals surface area contributed by atoms with E-state index in [2.05, 4.69) is 33.4 Å². The van der Waals surface area contributed by atoms with Crippen molar-refractivity contribution in [1.82, 2.24) is 5.32 Å². The number of fused-ring (bicyclic) bond motifs is 1. The summed E-state index contributed by atoms with van der Waals surface area (Å²) < 4.78 is 6.83. The fourth-order valence-corrected chi connectivity index (χ4v) is 3.60. The van der Waals surface area contributed by atoms with E-state index in [1.807, 2.05) is 11.4 Å². The lowest BCUT2D eigenvalue weighted by atomic mass is 10.1. The highest BCUT2D eigenvalue weighted by Crippen LogP contribution is 2.33. The number of benzene rings is 1. The van der Waals surface area contributed by atoms with E-state index in [-0.39, 0.29) is 0 Å². The highest BCUT2D eigenvalue weighted by Gasteiger charge is 2.17. The summed E-state index contributed by atoms with van der Waals surface area (Å²) in [4.78, 5) is 1.19. The van der Waals surface area contributed by atoms with E-state index in [0.717, 1.165) is 42.0 Å². The third-order valence-corrected chi connectivity index (χ3v) is 4.60. The number of nitrogen functional groups attached to an aromatic ring is 1. The molecule has 1 aliphatic heterocycles. The van der Waals surface area contributed by atoms with Crippen LogP contribution in [-0.2, 0) is 19.5 Å². The molecule has 2 heterocycles. The summed E-state index contributed by atoms with van der Waals surface area (Å²) in [5.74, 6) is 1.05. The molecule has 0 atom stereocenters. The highest BCUT2D eigenvalue weighted by atomic mass is 79.9. The average molecular weight is 339 g/mol. The molecule has 0 amide bonds. The minimum absolute atomic E-state index is 0.788. The van der Waals surface area contributed by atoms with Gasteiger partial charge >= 0.3 is 0 Å². The fraction of sp³-hybridized carbons (Fsp3) is 0.286. The molecule has 1 aliphatic rings. The molecule has 0 radical (unpaired) electrons. The summed E-state index contributed by atoms with van der Waals surface area (Å²) in [6.45, 7) is 2.38. The van der Waals surface area contributed by atoms with Gasteiger partial charge in [0.1, 0.15) is 5.75 Å². The first-order valence-corrected chi connectivity index (χ1v) is 7.88. The first kappa shape index (κ1) is 13.0. The zero-order valence-electron chi connectivity index (χ0n) is 10.4. The van der Waals surface area contributed by atoms with Gasteiger partial charge in [0.15, 0.2) is 0 Å². The molecule has 0 spiro atoms. The third-order valence-electron chi connectivity index (χ3n) is 3.21. The van der Waals surface area contributed by atoms with Crippen LogP contribution in [-0.4, -0.2) is 6.61 Å². The van der Waals surface area contributed by atoms with Gasteiger partial charge in [-0.3, -0.25) is 0 Å². The third kappa shape index (κ3) is 2.78. The average Bonchev–Trinajstić information content (AvgIpc) is 2.98. The van der Waals surface area contributed by atoms with Gasteiger partial charge in [0.25, 0.3) is 0 Å². The number of hydrogen-bond acceptors (Lipinski definition) is 4. The summed E-state index contributed by atoms with van der Waals surface area (Å²) in [5, 5.41) is 5.45. The molecular weight excluding hydrogens is 324 g/mol. The molecule has 19 heavy (non-hydrogen) atoms. The van der Waals surface area contributed by atoms with E-state index in [9.17, 15) is 0 Å². The van der Waals surface area contributed by atoms with Crippen LogP contribution in [0.4, 0.5) is 5.69 Å². The lowest BCUT2D eigenvalue weighted by molar-refractivity contribution is 0.352. The van der Waals surface area contributed by atoms with Gasteiger partial charge < -0.3 is 15.8 Å². The van der Waals surface area contributed by atoms with Crippen LogP contribution in [0.3, 0.4) is 0 Å². The molecule has 100 valence electrons. The van der Waals surface area contributed by atoms with Gasteiger partial charge in [-0.1, -0.05) is 15.9 Å². The Kier molecular flexibility index (Phi) is 3.77. The van der Waals surface area contributed by atoms with Gasteiger partial charge in [0, 0.05) is 40.1 Å². The predicted octanol–water partition coefficient (Wildman–Crippen LogP) is 3.32. The van der Waals surface area contributed by atoms with Crippen LogP contribution >= 0.6 is 27.3 Å². The van der Waals surface area contributed by atoms with E-state index >= 15 is 0 Å². The van der Waals surface area contributed by atoms with Crippen molar-refractivity contribution >= 4 is 33.0 Å². The maximum Gasteiger partial charge on any atom is 0.127 e. The maximum atomic E-state index is 5.87. The second-order valence-corrected chi connectivity index (χ2v) is 6.47. The monoisotopic (exact) mass is 338 g/mol.